The number of rotatable bonds is 3. The van der Waals surface area contributed by atoms with Gasteiger partial charge in [-0.2, -0.15) is 0 Å². The molecular weight excluding hydrogens is 357 g/mol. The SMILES string of the molecule is C=C(N)c1cc(-c2ccc(F)cc2F)c2c(n1)O[C@H](C)CC2.COC(C)F. The van der Waals surface area contributed by atoms with E-state index in [4.69, 9.17) is 10.5 Å². The first-order chi connectivity index (χ1) is 12.7. The zero-order chi connectivity index (χ0) is 20.1. The maximum absolute atomic E-state index is 14.2. The number of alkyl halides is 1. The van der Waals surface area contributed by atoms with E-state index >= 15 is 0 Å². The van der Waals surface area contributed by atoms with Crippen molar-refractivity contribution in [2.45, 2.75) is 39.2 Å². The largest absolute Gasteiger partial charge is 0.474 e. The van der Waals surface area contributed by atoms with Gasteiger partial charge in [0.25, 0.3) is 0 Å². The molecule has 1 unspecified atom stereocenters. The number of benzene rings is 1. The van der Waals surface area contributed by atoms with Crippen LogP contribution in [-0.2, 0) is 11.2 Å². The summed E-state index contributed by atoms with van der Waals surface area (Å²) < 4.78 is 48.3. The van der Waals surface area contributed by atoms with Crippen LogP contribution in [0.2, 0.25) is 0 Å². The molecule has 3 rings (SSSR count). The van der Waals surface area contributed by atoms with Crippen LogP contribution in [0.5, 0.6) is 5.88 Å². The van der Waals surface area contributed by atoms with Crippen molar-refractivity contribution in [1.29, 1.82) is 0 Å². The van der Waals surface area contributed by atoms with Crippen molar-refractivity contribution >= 4 is 5.70 Å². The maximum Gasteiger partial charge on any atom is 0.218 e. The Morgan fingerprint density at radius 2 is 2.00 bits per heavy atom. The van der Waals surface area contributed by atoms with Crippen LogP contribution in [-0.4, -0.2) is 24.6 Å². The number of nitrogens with two attached hydrogens (primary N) is 1. The number of ether oxygens (including phenoxy) is 2. The van der Waals surface area contributed by atoms with Gasteiger partial charge in [0, 0.05) is 24.3 Å². The molecule has 27 heavy (non-hydrogen) atoms. The minimum Gasteiger partial charge on any atom is -0.474 e. The summed E-state index contributed by atoms with van der Waals surface area (Å²) in [6, 6.07) is 5.19. The molecule has 0 saturated carbocycles. The Bertz CT molecular complexity index is 825. The lowest BCUT2D eigenvalue weighted by atomic mass is 9.94. The fraction of sp³-hybridized carbons (Fsp3) is 0.350. The van der Waals surface area contributed by atoms with Gasteiger partial charge in [-0.3, -0.25) is 0 Å². The van der Waals surface area contributed by atoms with Gasteiger partial charge in [0.05, 0.1) is 17.5 Å². The summed E-state index contributed by atoms with van der Waals surface area (Å²) in [5.41, 5.74) is 8.17. The van der Waals surface area contributed by atoms with Gasteiger partial charge >= 0.3 is 0 Å². The van der Waals surface area contributed by atoms with Gasteiger partial charge in [0.2, 0.25) is 5.88 Å². The van der Waals surface area contributed by atoms with Crippen molar-refractivity contribution in [2.75, 3.05) is 7.11 Å². The molecule has 146 valence electrons. The van der Waals surface area contributed by atoms with Crippen LogP contribution in [0.25, 0.3) is 16.8 Å². The van der Waals surface area contributed by atoms with Crippen LogP contribution in [0, 0.1) is 11.6 Å². The second kappa shape index (κ2) is 8.90. The van der Waals surface area contributed by atoms with Gasteiger partial charge in [-0.1, -0.05) is 6.58 Å². The molecule has 1 aliphatic rings. The summed E-state index contributed by atoms with van der Waals surface area (Å²) in [6.45, 7) is 6.96. The molecule has 0 fully saturated rings. The van der Waals surface area contributed by atoms with Gasteiger partial charge in [-0.15, -0.1) is 0 Å². The number of aromatic nitrogens is 1. The second-order valence-corrected chi connectivity index (χ2v) is 6.23. The molecule has 0 aliphatic carbocycles. The van der Waals surface area contributed by atoms with Gasteiger partial charge in [0.15, 0.2) is 6.36 Å². The Morgan fingerprint density at radius 1 is 1.33 bits per heavy atom. The first kappa shape index (κ1) is 20.8. The highest BCUT2D eigenvalue weighted by molar-refractivity contribution is 5.74. The summed E-state index contributed by atoms with van der Waals surface area (Å²) in [7, 11) is 1.32. The molecule has 1 aliphatic heterocycles. The third-order valence-corrected chi connectivity index (χ3v) is 4.08. The van der Waals surface area contributed by atoms with E-state index in [-0.39, 0.29) is 11.8 Å². The molecule has 7 heteroatoms. The summed E-state index contributed by atoms with van der Waals surface area (Å²) in [5, 5.41) is 0. The molecular formula is C20H23F3N2O2. The normalized spacial score (nSPS) is 16.4. The quantitative estimate of drug-likeness (QED) is 0.844. The van der Waals surface area contributed by atoms with Crippen LogP contribution >= 0.6 is 0 Å². The topological polar surface area (TPSA) is 57.4 Å². The summed E-state index contributed by atoms with van der Waals surface area (Å²) in [6.07, 6.45) is 0.447. The van der Waals surface area contributed by atoms with Crippen molar-refractivity contribution in [1.82, 2.24) is 4.98 Å². The molecule has 1 aromatic heterocycles. The first-order valence-electron chi connectivity index (χ1n) is 8.50. The fourth-order valence-electron chi connectivity index (χ4n) is 2.60. The number of pyridine rings is 1. The zero-order valence-corrected chi connectivity index (χ0v) is 15.6. The second-order valence-electron chi connectivity index (χ2n) is 6.23. The van der Waals surface area contributed by atoms with E-state index in [2.05, 4.69) is 16.3 Å². The molecule has 0 spiro atoms. The van der Waals surface area contributed by atoms with E-state index in [9.17, 15) is 13.2 Å². The van der Waals surface area contributed by atoms with E-state index in [1.165, 1.54) is 26.2 Å². The number of methoxy groups -OCH3 is 1. The monoisotopic (exact) mass is 380 g/mol. The Kier molecular flexibility index (Phi) is 6.85. The highest BCUT2D eigenvalue weighted by Gasteiger charge is 2.24. The number of hydrogen-bond donors (Lipinski definition) is 1. The Hall–Kier alpha value is -2.54. The van der Waals surface area contributed by atoms with Crippen molar-refractivity contribution in [3.05, 3.63) is 53.7 Å². The van der Waals surface area contributed by atoms with Crippen LogP contribution in [0.15, 0.2) is 30.8 Å². The first-order valence-corrected chi connectivity index (χ1v) is 8.50. The molecule has 0 saturated heterocycles. The fourth-order valence-corrected chi connectivity index (χ4v) is 2.60. The van der Waals surface area contributed by atoms with Crippen LogP contribution in [0.3, 0.4) is 0 Å². The molecule has 2 aromatic rings. The molecule has 0 radical (unpaired) electrons. The van der Waals surface area contributed by atoms with Crippen molar-refractivity contribution in [2.24, 2.45) is 5.73 Å². The van der Waals surface area contributed by atoms with Gasteiger partial charge < -0.3 is 15.2 Å². The lowest BCUT2D eigenvalue weighted by Gasteiger charge is -2.25. The lowest BCUT2D eigenvalue weighted by molar-refractivity contribution is 0.0113. The van der Waals surface area contributed by atoms with Crippen LogP contribution in [0.1, 0.15) is 31.5 Å². The Morgan fingerprint density at radius 3 is 2.56 bits per heavy atom. The molecule has 2 N–H and O–H groups in total. The molecule has 4 nitrogen and oxygen atoms in total. The van der Waals surface area contributed by atoms with E-state index in [1.807, 2.05) is 6.92 Å². The standard InChI is InChI=1S/C17H16F2N2O.C3H7FO/c1-9-3-5-13-14(12-6-4-11(18)7-15(12)19)8-16(10(2)20)21-17(13)22-9;1-3(4)5-2/h4,6-9H,2-3,5,20H2,1H3;3H,1-2H3/t9-;/m1./s1. The van der Waals surface area contributed by atoms with Crippen LogP contribution < -0.4 is 10.5 Å². The van der Waals surface area contributed by atoms with Gasteiger partial charge in [-0.25, -0.2) is 18.2 Å². The number of hydrogen-bond acceptors (Lipinski definition) is 4. The molecule has 1 aromatic carbocycles. The summed E-state index contributed by atoms with van der Waals surface area (Å²) in [4.78, 5) is 4.35. The van der Waals surface area contributed by atoms with Crippen LogP contribution in [0.4, 0.5) is 13.2 Å². The zero-order valence-electron chi connectivity index (χ0n) is 15.6. The third kappa shape index (κ3) is 5.23. The van der Waals surface area contributed by atoms with Gasteiger partial charge in [-0.05, 0) is 50.5 Å². The minimum atomic E-state index is -1.12. The lowest BCUT2D eigenvalue weighted by Crippen LogP contribution is -2.21. The predicted octanol–water partition coefficient (Wildman–Crippen LogP) is 4.62. The molecule has 2 atom stereocenters. The summed E-state index contributed by atoms with van der Waals surface area (Å²) >= 11 is 0. The number of nitrogens with zero attached hydrogens (tertiary/aromatic N) is 1. The average Bonchev–Trinajstić information content (AvgIpc) is 2.61. The highest BCUT2D eigenvalue weighted by atomic mass is 19.1. The highest BCUT2D eigenvalue weighted by Crippen LogP contribution is 2.37. The predicted molar refractivity (Wildman–Crippen MR) is 98.8 cm³/mol. The van der Waals surface area contributed by atoms with Gasteiger partial charge in [0.1, 0.15) is 11.6 Å². The average molecular weight is 380 g/mol. The van der Waals surface area contributed by atoms with E-state index < -0.39 is 18.0 Å². The number of halogens is 3. The third-order valence-electron chi connectivity index (χ3n) is 4.08. The Labute approximate surface area is 156 Å². The van der Waals surface area contributed by atoms with E-state index in [0.717, 1.165) is 18.1 Å². The molecule has 2 heterocycles. The van der Waals surface area contributed by atoms with Crippen molar-refractivity contribution < 1.29 is 22.6 Å². The Balaban J connectivity index is 0.000000465. The van der Waals surface area contributed by atoms with Crippen molar-refractivity contribution in [3.8, 4) is 17.0 Å². The smallest absolute Gasteiger partial charge is 0.218 e. The van der Waals surface area contributed by atoms with E-state index in [0.29, 0.717) is 29.1 Å². The van der Waals surface area contributed by atoms with Crippen molar-refractivity contribution in [3.63, 3.8) is 0 Å². The van der Waals surface area contributed by atoms with E-state index in [1.54, 1.807) is 6.07 Å². The number of fused-ring (bicyclic) bond motifs is 1. The summed E-state index contributed by atoms with van der Waals surface area (Å²) in [5.74, 6) is -0.792. The molecule has 0 amide bonds. The minimum absolute atomic E-state index is 0.0344. The maximum atomic E-state index is 14.2. The molecule has 0 bridgehead atoms.